The molecular formula is C34H39ClN6O2. The number of piperazine rings is 1. The van der Waals surface area contributed by atoms with Crippen molar-refractivity contribution in [2.75, 3.05) is 63.2 Å². The second-order valence-electron chi connectivity index (χ2n) is 11.9. The van der Waals surface area contributed by atoms with E-state index in [9.17, 15) is 9.59 Å². The van der Waals surface area contributed by atoms with Crippen molar-refractivity contribution in [3.63, 3.8) is 0 Å². The number of H-pyrrole nitrogens is 1. The minimum Gasteiger partial charge on any atom is -0.368 e. The van der Waals surface area contributed by atoms with E-state index >= 15 is 0 Å². The molecule has 0 aliphatic carbocycles. The van der Waals surface area contributed by atoms with Crippen LogP contribution < -0.4 is 15.1 Å². The van der Waals surface area contributed by atoms with Crippen LogP contribution in [0.5, 0.6) is 0 Å². The number of urea groups is 1. The highest BCUT2D eigenvalue weighted by Crippen LogP contribution is 2.35. The smallest absolute Gasteiger partial charge is 0.318 e. The number of para-hydroxylation sites is 2. The summed E-state index contributed by atoms with van der Waals surface area (Å²) in [7, 11) is 4.09. The first-order valence-electron chi connectivity index (χ1n) is 15.0. The van der Waals surface area contributed by atoms with Crippen molar-refractivity contribution >= 4 is 45.8 Å². The molecule has 6 rings (SSSR count). The number of anilines is 2. The van der Waals surface area contributed by atoms with Crippen molar-refractivity contribution in [1.29, 1.82) is 0 Å². The van der Waals surface area contributed by atoms with Gasteiger partial charge in [0.15, 0.2) is 0 Å². The Morgan fingerprint density at radius 1 is 0.977 bits per heavy atom. The fraction of sp³-hybridized carbons (Fsp3) is 0.353. The molecule has 8 nitrogen and oxygen atoms in total. The molecule has 2 aliphatic heterocycles. The van der Waals surface area contributed by atoms with Crippen molar-refractivity contribution in [3.8, 4) is 0 Å². The first-order valence-corrected chi connectivity index (χ1v) is 15.4. The standard InChI is InChI=1S/C34H39ClN6O2/c1-38(2)22-24-19-28-29(35)12-8-14-32(28)41(23-24)33(42)31(20-25-21-36-30-13-7-6-11-27(25)30)37-34(43)40-17-15-39(16-18-40)26-9-4-3-5-10-26/h3-14,21,24,31,36H,15-20,22-23H2,1-2H3,(H,37,43)/t24?,31-/m1/s1. The first-order chi connectivity index (χ1) is 20.9. The van der Waals surface area contributed by atoms with E-state index < -0.39 is 6.04 Å². The Labute approximate surface area is 258 Å². The Hall–Kier alpha value is -4.01. The molecule has 1 fully saturated rings. The summed E-state index contributed by atoms with van der Waals surface area (Å²) in [4.78, 5) is 39.7. The monoisotopic (exact) mass is 598 g/mol. The number of amides is 3. The lowest BCUT2D eigenvalue weighted by atomic mass is 9.91. The third-order valence-electron chi connectivity index (χ3n) is 8.59. The van der Waals surface area contributed by atoms with Gasteiger partial charge < -0.3 is 29.9 Å². The molecule has 0 saturated carbocycles. The van der Waals surface area contributed by atoms with Gasteiger partial charge in [-0.3, -0.25) is 4.79 Å². The molecule has 2 N–H and O–H groups in total. The second kappa shape index (κ2) is 12.7. The highest BCUT2D eigenvalue weighted by atomic mass is 35.5. The van der Waals surface area contributed by atoms with E-state index in [4.69, 9.17) is 11.6 Å². The van der Waals surface area contributed by atoms with Gasteiger partial charge in [0.1, 0.15) is 6.04 Å². The maximum atomic E-state index is 14.5. The molecule has 9 heteroatoms. The minimum absolute atomic E-state index is 0.117. The summed E-state index contributed by atoms with van der Waals surface area (Å²) in [5, 5.41) is 4.89. The number of aromatic amines is 1. The Bertz CT molecular complexity index is 1580. The number of rotatable bonds is 7. The molecule has 3 heterocycles. The van der Waals surface area contributed by atoms with Gasteiger partial charge in [-0.15, -0.1) is 0 Å². The summed E-state index contributed by atoms with van der Waals surface area (Å²) in [6, 6.07) is 23.1. The van der Waals surface area contributed by atoms with Crippen molar-refractivity contribution in [2.24, 2.45) is 5.92 Å². The van der Waals surface area contributed by atoms with Crippen LogP contribution in [0.2, 0.25) is 5.02 Å². The van der Waals surface area contributed by atoms with Gasteiger partial charge in [-0.05, 0) is 67.9 Å². The van der Waals surface area contributed by atoms with Crippen LogP contribution in [0.15, 0.2) is 79.0 Å². The van der Waals surface area contributed by atoms with E-state index in [0.29, 0.717) is 31.1 Å². The number of hydrogen-bond acceptors (Lipinski definition) is 4. The van der Waals surface area contributed by atoms with E-state index in [1.165, 1.54) is 0 Å². The highest BCUT2D eigenvalue weighted by Gasteiger charge is 2.35. The van der Waals surface area contributed by atoms with Crippen LogP contribution in [0.25, 0.3) is 10.9 Å². The van der Waals surface area contributed by atoms with Gasteiger partial charge in [-0.25, -0.2) is 4.79 Å². The summed E-state index contributed by atoms with van der Waals surface area (Å²) in [6.45, 7) is 4.05. The Balaban J connectivity index is 1.26. The topological polar surface area (TPSA) is 74.9 Å². The van der Waals surface area contributed by atoms with Gasteiger partial charge in [0.25, 0.3) is 0 Å². The van der Waals surface area contributed by atoms with E-state index in [1.54, 1.807) is 0 Å². The largest absolute Gasteiger partial charge is 0.368 e. The van der Waals surface area contributed by atoms with Crippen molar-refractivity contribution in [3.05, 3.63) is 95.1 Å². The zero-order valence-electron chi connectivity index (χ0n) is 24.8. The third kappa shape index (κ3) is 6.36. The van der Waals surface area contributed by atoms with Crippen LogP contribution in [0, 0.1) is 5.92 Å². The molecule has 3 aromatic carbocycles. The summed E-state index contributed by atoms with van der Waals surface area (Å²) in [5.74, 6) is 0.107. The summed E-state index contributed by atoms with van der Waals surface area (Å²) < 4.78 is 0. The highest BCUT2D eigenvalue weighted by molar-refractivity contribution is 6.32. The molecule has 224 valence electrons. The fourth-order valence-corrected chi connectivity index (χ4v) is 6.76. The number of carbonyl (C=O) groups excluding carboxylic acids is 2. The van der Waals surface area contributed by atoms with Crippen LogP contribution in [-0.2, 0) is 17.6 Å². The maximum absolute atomic E-state index is 14.5. The number of fused-ring (bicyclic) bond motifs is 2. The van der Waals surface area contributed by atoms with Crippen molar-refractivity contribution in [2.45, 2.75) is 18.9 Å². The summed E-state index contributed by atoms with van der Waals surface area (Å²) in [5.41, 5.74) is 4.99. The fourth-order valence-electron chi connectivity index (χ4n) is 6.51. The first kappa shape index (κ1) is 29.1. The van der Waals surface area contributed by atoms with Crippen LogP contribution in [0.1, 0.15) is 11.1 Å². The Morgan fingerprint density at radius 3 is 2.49 bits per heavy atom. The Morgan fingerprint density at radius 2 is 1.72 bits per heavy atom. The number of nitrogens with zero attached hydrogens (tertiary/aromatic N) is 4. The molecule has 0 spiro atoms. The molecule has 0 bridgehead atoms. The molecule has 1 aromatic heterocycles. The number of aromatic nitrogens is 1. The number of carbonyl (C=O) groups is 2. The molecule has 1 unspecified atom stereocenters. The predicted molar refractivity (Wildman–Crippen MR) is 174 cm³/mol. The van der Waals surface area contributed by atoms with E-state index in [-0.39, 0.29) is 17.9 Å². The quantitative estimate of drug-likeness (QED) is 0.313. The zero-order valence-corrected chi connectivity index (χ0v) is 25.6. The molecule has 4 aromatic rings. The lowest BCUT2D eigenvalue weighted by Crippen LogP contribution is -2.58. The van der Waals surface area contributed by atoms with E-state index in [2.05, 4.69) is 38.3 Å². The van der Waals surface area contributed by atoms with Gasteiger partial charge in [0, 0.05) is 79.2 Å². The number of hydrogen-bond donors (Lipinski definition) is 2. The normalized spacial score (nSPS) is 17.7. The zero-order chi connectivity index (χ0) is 29.9. The number of nitrogens with one attached hydrogen (secondary N) is 2. The van der Waals surface area contributed by atoms with Gasteiger partial charge in [-0.2, -0.15) is 0 Å². The molecule has 3 amide bonds. The SMILES string of the molecule is CN(C)CC1Cc2c(Cl)cccc2N(C(=O)[C@@H](Cc2c[nH]c3ccccc23)NC(=O)N2CCN(c3ccccc3)CC2)C1. The molecule has 1 saturated heterocycles. The van der Waals surface area contributed by atoms with Crippen LogP contribution in [0.4, 0.5) is 16.2 Å². The van der Waals surface area contributed by atoms with Gasteiger partial charge in [0.2, 0.25) is 5.91 Å². The van der Waals surface area contributed by atoms with Crippen LogP contribution in [0.3, 0.4) is 0 Å². The van der Waals surface area contributed by atoms with Crippen LogP contribution in [-0.4, -0.2) is 86.1 Å². The third-order valence-corrected chi connectivity index (χ3v) is 8.94. The van der Waals surface area contributed by atoms with Gasteiger partial charge >= 0.3 is 6.03 Å². The van der Waals surface area contributed by atoms with Crippen molar-refractivity contribution in [1.82, 2.24) is 20.1 Å². The van der Waals surface area contributed by atoms with Crippen molar-refractivity contribution < 1.29 is 9.59 Å². The molecular weight excluding hydrogens is 560 g/mol. The predicted octanol–water partition coefficient (Wildman–Crippen LogP) is 5.03. The minimum atomic E-state index is -0.746. The van der Waals surface area contributed by atoms with E-state index in [0.717, 1.165) is 59.5 Å². The average molecular weight is 599 g/mol. The molecule has 0 radical (unpaired) electrons. The van der Waals surface area contributed by atoms with E-state index in [1.807, 2.05) is 84.7 Å². The summed E-state index contributed by atoms with van der Waals surface area (Å²) >= 11 is 6.68. The molecule has 2 aliphatic rings. The molecule has 43 heavy (non-hydrogen) atoms. The van der Waals surface area contributed by atoms with Gasteiger partial charge in [-0.1, -0.05) is 54.1 Å². The lowest BCUT2D eigenvalue weighted by molar-refractivity contribution is -0.120. The maximum Gasteiger partial charge on any atom is 0.318 e. The second-order valence-corrected chi connectivity index (χ2v) is 12.3. The number of halogens is 1. The van der Waals surface area contributed by atoms with Gasteiger partial charge in [0.05, 0.1) is 0 Å². The lowest BCUT2D eigenvalue weighted by Gasteiger charge is -2.39. The Kier molecular flexibility index (Phi) is 8.58. The van der Waals surface area contributed by atoms with Crippen LogP contribution >= 0.6 is 11.6 Å². The average Bonchev–Trinajstić information content (AvgIpc) is 3.43. The molecule has 2 atom stereocenters. The number of benzene rings is 3. The summed E-state index contributed by atoms with van der Waals surface area (Å²) in [6.07, 6.45) is 3.14.